The number of nitriles is 1. The van der Waals surface area contributed by atoms with Crippen molar-refractivity contribution in [3.8, 4) is 6.07 Å². The number of hydrogen-bond donors (Lipinski definition) is 2. The van der Waals surface area contributed by atoms with Crippen LogP contribution in [-0.4, -0.2) is 28.1 Å². The Morgan fingerprint density at radius 1 is 1.24 bits per heavy atom. The summed E-state index contributed by atoms with van der Waals surface area (Å²) in [4.78, 5) is 22.6. The first-order chi connectivity index (χ1) is 12.0. The van der Waals surface area contributed by atoms with Crippen molar-refractivity contribution in [3.05, 3.63) is 12.2 Å². The van der Waals surface area contributed by atoms with E-state index in [0.29, 0.717) is 31.5 Å². The van der Waals surface area contributed by atoms with Crippen molar-refractivity contribution >= 4 is 11.8 Å². The highest BCUT2D eigenvalue weighted by atomic mass is 16.4. The molecule has 0 aromatic rings. The number of aliphatic hydroxyl groups is 1. The second kappa shape index (κ2) is 12.7. The van der Waals surface area contributed by atoms with Crippen LogP contribution in [0.25, 0.3) is 0 Å². The number of aliphatic hydroxyl groups excluding tert-OH is 1. The number of nitrogens with zero attached hydrogens (tertiary/aromatic N) is 1. The van der Waals surface area contributed by atoms with Gasteiger partial charge in [-0.2, -0.15) is 5.26 Å². The molecule has 0 aromatic heterocycles. The van der Waals surface area contributed by atoms with E-state index in [0.717, 1.165) is 44.9 Å². The van der Waals surface area contributed by atoms with Crippen LogP contribution < -0.4 is 0 Å². The van der Waals surface area contributed by atoms with Crippen molar-refractivity contribution in [2.24, 2.45) is 11.8 Å². The van der Waals surface area contributed by atoms with Crippen LogP contribution in [0.4, 0.5) is 0 Å². The molecule has 0 aromatic carbocycles. The van der Waals surface area contributed by atoms with Gasteiger partial charge in [0.1, 0.15) is 5.78 Å². The first-order valence-corrected chi connectivity index (χ1v) is 9.52. The fourth-order valence-corrected chi connectivity index (χ4v) is 3.46. The number of carbonyl (C=O) groups excluding carboxylic acids is 1. The smallest absolute Gasteiger partial charge is 0.303 e. The minimum absolute atomic E-state index is 0.0314. The van der Waals surface area contributed by atoms with Crippen molar-refractivity contribution in [1.82, 2.24) is 0 Å². The van der Waals surface area contributed by atoms with E-state index in [9.17, 15) is 14.7 Å². The summed E-state index contributed by atoms with van der Waals surface area (Å²) in [6, 6.07) is 2.12. The molecule has 3 atom stereocenters. The average molecular weight is 349 g/mol. The SMILES string of the molecule is N#CCCCCCC(O)C=CC1CCC(=O)C1CCCCCC(=O)O. The molecular weight excluding hydrogens is 318 g/mol. The molecule has 1 aliphatic carbocycles. The third kappa shape index (κ3) is 9.40. The fourth-order valence-electron chi connectivity index (χ4n) is 3.46. The second-order valence-corrected chi connectivity index (χ2v) is 6.98. The van der Waals surface area contributed by atoms with Crippen molar-refractivity contribution < 1.29 is 19.8 Å². The number of carbonyl (C=O) groups is 2. The molecule has 0 bridgehead atoms. The Bertz CT molecular complexity index is 481. The van der Waals surface area contributed by atoms with Crippen LogP contribution in [0.2, 0.25) is 0 Å². The molecule has 0 amide bonds. The molecule has 0 heterocycles. The molecule has 1 saturated carbocycles. The standard InChI is InChI=1S/C20H31NO4/c21-15-7-2-1-4-8-17(22)13-11-16-12-14-19(23)18(16)9-5-3-6-10-20(24)25/h11,13,16-18,22H,1-10,12,14H2,(H,24,25). The van der Waals surface area contributed by atoms with Gasteiger partial charge in [0.25, 0.3) is 0 Å². The molecule has 5 nitrogen and oxygen atoms in total. The Morgan fingerprint density at radius 3 is 2.72 bits per heavy atom. The summed E-state index contributed by atoms with van der Waals surface area (Å²) in [6.45, 7) is 0. The van der Waals surface area contributed by atoms with Crippen molar-refractivity contribution in [2.45, 2.75) is 83.2 Å². The van der Waals surface area contributed by atoms with E-state index in [2.05, 4.69) is 6.07 Å². The molecule has 3 unspecified atom stereocenters. The highest BCUT2D eigenvalue weighted by molar-refractivity contribution is 5.83. The third-order valence-electron chi connectivity index (χ3n) is 4.93. The van der Waals surface area contributed by atoms with Gasteiger partial charge >= 0.3 is 5.97 Å². The van der Waals surface area contributed by atoms with Gasteiger partial charge in [-0.3, -0.25) is 9.59 Å². The summed E-state index contributed by atoms with van der Waals surface area (Å²) in [7, 11) is 0. The Morgan fingerprint density at radius 2 is 2.00 bits per heavy atom. The summed E-state index contributed by atoms with van der Waals surface area (Å²) in [5.74, 6) is -0.220. The highest BCUT2D eigenvalue weighted by Gasteiger charge is 2.32. The minimum atomic E-state index is -0.764. The van der Waals surface area contributed by atoms with Gasteiger partial charge in [-0.15, -0.1) is 0 Å². The summed E-state index contributed by atoms with van der Waals surface area (Å²) in [6.07, 6.45) is 12.2. The topological polar surface area (TPSA) is 98.4 Å². The molecule has 25 heavy (non-hydrogen) atoms. The van der Waals surface area contributed by atoms with Crippen molar-refractivity contribution in [1.29, 1.82) is 5.26 Å². The van der Waals surface area contributed by atoms with E-state index in [-0.39, 0.29) is 18.3 Å². The van der Waals surface area contributed by atoms with E-state index in [1.165, 1.54) is 0 Å². The molecule has 0 aliphatic heterocycles. The van der Waals surface area contributed by atoms with Crippen molar-refractivity contribution in [2.75, 3.05) is 0 Å². The maximum atomic E-state index is 12.1. The third-order valence-corrected chi connectivity index (χ3v) is 4.93. The maximum absolute atomic E-state index is 12.1. The lowest BCUT2D eigenvalue weighted by Crippen LogP contribution is -2.14. The summed E-state index contributed by atoms with van der Waals surface area (Å²) in [5.41, 5.74) is 0. The lowest BCUT2D eigenvalue weighted by atomic mass is 9.89. The minimum Gasteiger partial charge on any atom is -0.481 e. The fraction of sp³-hybridized carbons (Fsp3) is 0.750. The molecule has 2 N–H and O–H groups in total. The van der Waals surface area contributed by atoms with Crippen molar-refractivity contribution in [3.63, 3.8) is 0 Å². The highest BCUT2D eigenvalue weighted by Crippen LogP contribution is 2.34. The van der Waals surface area contributed by atoms with Gasteiger partial charge in [0.15, 0.2) is 0 Å². The second-order valence-electron chi connectivity index (χ2n) is 6.98. The van der Waals surface area contributed by atoms with Gasteiger partial charge < -0.3 is 10.2 Å². The molecular formula is C20H31NO4. The summed E-state index contributed by atoms with van der Waals surface area (Å²) < 4.78 is 0. The largest absolute Gasteiger partial charge is 0.481 e. The maximum Gasteiger partial charge on any atom is 0.303 e. The lowest BCUT2D eigenvalue weighted by molar-refractivity contribution is -0.137. The lowest BCUT2D eigenvalue weighted by Gasteiger charge is -2.15. The van der Waals surface area contributed by atoms with Crippen LogP contribution in [-0.2, 0) is 9.59 Å². The zero-order valence-electron chi connectivity index (χ0n) is 15.0. The molecule has 1 aliphatic rings. The normalized spacial score (nSPS) is 21.5. The average Bonchev–Trinajstić information content (AvgIpc) is 2.92. The van der Waals surface area contributed by atoms with Crippen LogP contribution in [0, 0.1) is 23.2 Å². The number of unbranched alkanes of at least 4 members (excludes halogenated alkanes) is 5. The molecule has 0 radical (unpaired) electrons. The van der Waals surface area contributed by atoms with E-state index < -0.39 is 12.1 Å². The number of hydrogen-bond acceptors (Lipinski definition) is 4. The molecule has 140 valence electrons. The molecule has 0 spiro atoms. The monoisotopic (exact) mass is 349 g/mol. The van der Waals surface area contributed by atoms with E-state index in [1.54, 1.807) is 0 Å². The van der Waals surface area contributed by atoms with Crippen LogP contribution in [0.1, 0.15) is 77.0 Å². The molecule has 1 fully saturated rings. The number of carboxylic acids is 1. The zero-order valence-corrected chi connectivity index (χ0v) is 15.0. The summed E-state index contributed by atoms with van der Waals surface area (Å²) in [5, 5.41) is 27.1. The van der Waals surface area contributed by atoms with Gasteiger partial charge in [0.2, 0.25) is 0 Å². The predicted molar refractivity (Wildman–Crippen MR) is 95.8 cm³/mol. The van der Waals surface area contributed by atoms with E-state index >= 15 is 0 Å². The Balaban J connectivity index is 2.28. The number of aliphatic carboxylic acids is 1. The zero-order chi connectivity index (χ0) is 18.5. The number of ketones is 1. The van der Waals surface area contributed by atoms with Gasteiger partial charge in [-0.05, 0) is 38.0 Å². The number of rotatable bonds is 13. The first-order valence-electron chi connectivity index (χ1n) is 9.52. The number of carboxylic acid groups (broad SMARTS) is 1. The first kappa shape index (κ1) is 21.4. The Hall–Kier alpha value is -1.67. The quantitative estimate of drug-likeness (QED) is 0.387. The van der Waals surface area contributed by atoms with Gasteiger partial charge in [0.05, 0.1) is 12.2 Å². The predicted octanol–water partition coefficient (Wildman–Crippen LogP) is 4.01. The van der Waals surface area contributed by atoms with Crippen LogP contribution in [0.15, 0.2) is 12.2 Å². The van der Waals surface area contributed by atoms with Crippen LogP contribution in [0.5, 0.6) is 0 Å². The number of Topliss-reactive ketones (excluding diaryl/α,β-unsaturated/α-hetero) is 1. The summed E-state index contributed by atoms with van der Waals surface area (Å²) >= 11 is 0. The Kier molecular flexibility index (Phi) is 10.8. The van der Waals surface area contributed by atoms with Gasteiger partial charge in [-0.25, -0.2) is 0 Å². The van der Waals surface area contributed by atoms with Gasteiger partial charge in [-0.1, -0.05) is 37.8 Å². The van der Waals surface area contributed by atoms with E-state index in [4.69, 9.17) is 10.4 Å². The van der Waals surface area contributed by atoms with E-state index in [1.807, 2.05) is 12.2 Å². The van der Waals surface area contributed by atoms with Gasteiger partial charge in [0, 0.05) is 25.2 Å². The van der Waals surface area contributed by atoms with Crippen LogP contribution >= 0.6 is 0 Å². The molecule has 1 rings (SSSR count). The molecule has 0 saturated heterocycles. The molecule has 5 heteroatoms. The Labute approximate surface area is 150 Å². The van der Waals surface area contributed by atoms with Crippen LogP contribution in [0.3, 0.4) is 0 Å². The number of allylic oxidation sites excluding steroid dienone is 1.